The Kier molecular flexibility index (Phi) is 1.51. The van der Waals surface area contributed by atoms with Crippen molar-refractivity contribution in [1.82, 2.24) is 21.3 Å². The largest absolute Gasteiger partial charge is 0.377 e. The van der Waals surface area contributed by atoms with Gasteiger partial charge in [-0.05, 0) is 11.3 Å². The summed E-state index contributed by atoms with van der Waals surface area (Å²) in [4.78, 5) is 9.99. The third kappa shape index (κ3) is 0.944. The van der Waals surface area contributed by atoms with E-state index in [0.29, 0.717) is 5.82 Å². The molecule has 0 aromatic carbocycles. The molecule has 1 saturated heterocycles. The quantitative estimate of drug-likeness (QED) is 0.336. The minimum absolute atomic E-state index is 0.00491. The van der Waals surface area contributed by atoms with Crippen molar-refractivity contribution in [3.8, 4) is 0 Å². The molecule has 1 fully saturated rings. The summed E-state index contributed by atoms with van der Waals surface area (Å²) in [6.45, 7) is 1.57. The van der Waals surface area contributed by atoms with E-state index in [-0.39, 0.29) is 5.82 Å². The van der Waals surface area contributed by atoms with Crippen molar-refractivity contribution < 1.29 is 4.92 Å². The van der Waals surface area contributed by atoms with Crippen LogP contribution in [0.3, 0.4) is 0 Å². The molecule has 0 atom stereocenters. The Morgan fingerprint density at radius 3 is 3.17 bits per heavy atom. The molecule has 0 aromatic heterocycles. The molecule has 66 valence electrons. The highest BCUT2D eigenvalue weighted by atomic mass is 16.6. The molecule has 3 N–H and O–H groups in total. The van der Waals surface area contributed by atoms with Crippen LogP contribution in [0.15, 0.2) is 11.6 Å². The van der Waals surface area contributed by atoms with E-state index in [9.17, 15) is 10.1 Å². The van der Waals surface area contributed by atoms with Crippen molar-refractivity contribution in [2.75, 3.05) is 13.1 Å². The first-order valence-electron chi connectivity index (χ1n) is 3.71. The molecule has 12 heavy (non-hydrogen) atoms. The van der Waals surface area contributed by atoms with Crippen LogP contribution in [0.5, 0.6) is 0 Å². The number of rotatable bonds is 1. The third-order valence-electron chi connectivity index (χ3n) is 1.84. The van der Waals surface area contributed by atoms with Crippen molar-refractivity contribution in [1.29, 1.82) is 0 Å². The fraction of sp³-hybridized carbons (Fsp3) is 0.600. The fourth-order valence-corrected chi connectivity index (χ4v) is 1.29. The summed E-state index contributed by atoms with van der Waals surface area (Å²) < 4.78 is 0. The van der Waals surface area contributed by atoms with Crippen LogP contribution in [0.4, 0.5) is 0 Å². The van der Waals surface area contributed by atoms with E-state index in [1.807, 2.05) is 0 Å². The fourth-order valence-electron chi connectivity index (χ4n) is 1.29. The van der Waals surface area contributed by atoms with Gasteiger partial charge in [-0.3, -0.25) is 5.01 Å². The SMILES string of the molecule is O=[N+]([O-])C1=C2NCCCN2NN1. The summed E-state index contributed by atoms with van der Waals surface area (Å²) in [6.07, 6.45) is 0.975. The number of hydrogen-bond donors (Lipinski definition) is 3. The van der Waals surface area contributed by atoms with Crippen LogP contribution in [0.25, 0.3) is 0 Å². The summed E-state index contributed by atoms with van der Waals surface area (Å²) in [7, 11) is 0. The van der Waals surface area contributed by atoms with E-state index in [1.165, 1.54) is 0 Å². The minimum atomic E-state index is -0.444. The molecule has 0 bridgehead atoms. The molecule has 0 aliphatic carbocycles. The van der Waals surface area contributed by atoms with E-state index >= 15 is 0 Å². The van der Waals surface area contributed by atoms with Crippen LogP contribution >= 0.6 is 0 Å². The molecule has 0 aromatic rings. The molecule has 0 radical (unpaired) electrons. The van der Waals surface area contributed by atoms with E-state index in [0.717, 1.165) is 19.5 Å². The first-order valence-corrected chi connectivity index (χ1v) is 3.71. The molecule has 2 aliphatic rings. The van der Waals surface area contributed by atoms with Gasteiger partial charge in [0.25, 0.3) is 0 Å². The van der Waals surface area contributed by atoms with Crippen LogP contribution in [0.1, 0.15) is 6.42 Å². The van der Waals surface area contributed by atoms with Crippen molar-refractivity contribution in [3.63, 3.8) is 0 Å². The van der Waals surface area contributed by atoms with Gasteiger partial charge >= 0.3 is 5.82 Å². The van der Waals surface area contributed by atoms with E-state index in [2.05, 4.69) is 16.3 Å². The Morgan fingerprint density at radius 1 is 1.58 bits per heavy atom. The second-order valence-corrected chi connectivity index (χ2v) is 2.62. The molecular weight excluding hydrogens is 162 g/mol. The van der Waals surface area contributed by atoms with Crippen molar-refractivity contribution in [3.05, 3.63) is 21.8 Å². The second-order valence-electron chi connectivity index (χ2n) is 2.62. The maximum absolute atomic E-state index is 10.4. The number of nitro groups is 1. The predicted molar refractivity (Wildman–Crippen MR) is 39.6 cm³/mol. The molecule has 2 aliphatic heterocycles. The molecule has 0 unspecified atom stereocenters. The normalized spacial score (nSPS) is 21.5. The first kappa shape index (κ1) is 7.17. The molecule has 2 heterocycles. The third-order valence-corrected chi connectivity index (χ3v) is 1.84. The Morgan fingerprint density at radius 2 is 2.42 bits per heavy atom. The summed E-state index contributed by atoms with van der Waals surface area (Å²) in [5, 5.41) is 15.1. The minimum Gasteiger partial charge on any atom is -0.363 e. The van der Waals surface area contributed by atoms with Gasteiger partial charge in [0, 0.05) is 13.1 Å². The molecule has 7 nitrogen and oxygen atoms in total. The number of hydrazine groups is 2. The lowest BCUT2D eigenvalue weighted by Crippen LogP contribution is -2.45. The van der Waals surface area contributed by atoms with Gasteiger partial charge < -0.3 is 15.4 Å². The summed E-state index contributed by atoms with van der Waals surface area (Å²) in [5.74, 6) is 0.529. The summed E-state index contributed by atoms with van der Waals surface area (Å²) in [5.41, 5.74) is 5.19. The molecule has 0 amide bonds. The van der Waals surface area contributed by atoms with E-state index in [1.54, 1.807) is 5.01 Å². The van der Waals surface area contributed by atoms with E-state index in [4.69, 9.17) is 0 Å². The Bertz CT molecular complexity index is 250. The lowest BCUT2D eigenvalue weighted by molar-refractivity contribution is -0.432. The van der Waals surface area contributed by atoms with E-state index < -0.39 is 4.92 Å². The highest BCUT2D eigenvalue weighted by Gasteiger charge is 2.32. The standard InChI is InChI=1S/C5H9N5O2/c11-10(12)5-4-6-2-1-3-9(4)8-7-5/h6-8H,1-3H2. The highest BCUT2D eigenvalue weighted by molar-refractivity contribution is 5.08. The zero-order chi connectivity index (χ0) is 8.55. The Labute approximate surface area is 68.5 Å². The number of hydrogen-bond acceptors (Lipinski definition) is 6. The zero-order valence-electron chi connectivity index (χ0n) is 6.33. The number of nitrogens with one attached hydrogen (secondary N) is 3. The van der Waals surface area contributed by atoms with Gasteiger partial charge in [0.05, 0.1) is 0 Å². The molecule has 7 heteroatoms. The molecule has 2 rings (SSSR count). The second kappa shape index (κ2) is 2.52. The molecule has 0 spiro atoms. The van der Waals surface area contributed by atoms with Gasteiger partial charge in [0.1, 0.15) is 0 Å². The van der Waals surface area contributed by atoms with Crippen LogP contribution in [0, 0.1) is 10.1 Å². The van der Waals surface area contributed by atoms with Crippen molar-refractivity contribution >= 4 is 0 Å². The van der Waals surface area contributed by atoms with Crippen LogP contribution in [-0.4, -0.2) is 23.0 Å². The van der Waals surface area contributed by atoms with Crippen molar-refractivity contribution in [2.24, 2.45) is 0 Å². The van der Waals surface area contributed by atoms with Gasteiger partial charge in [-0.1, -0.05) is 5.53 Å². The lowest BCUT2D eigenvalue weighted by atomic mass is 10.3. The average molecular weight is 171 g/mol. The van der Waals surface area contributed by atoms with Gasteiger partial charge in [0.15, 0.2) is 0 Å². The maximum atomic E-state index is 10.4. The van der Waals surface area contributed by atoms with Crippen LogP contribution in [0.2, 0.25) is 0 Å². The summed E-state index contributed by atoms with van der Waals surface area (Å²) in [6, 6.07) is 0. The van der Waals surface area contributed by atoms with Gasteiger partial charge in [-0.15, -0.1) is 0 Å². The average Bonchev–Trinajstić information content (AvgIpc) is 2.47. The van der Waals surface area contributed by atoms with Gasteiger partial charge in [-0.25, -0.2) is 0 Å². The topological polar surface area (TPSA) is 82.5 Å². The summed E-state index contributed by atoms with van der Waals surface area (Å²) >= 11 is 0. The predicted octanol–water partition coefficient (Wildman–Crippen LogP) is -1.29. The van der Waals surface area contributed by atoms with Crippen molar-refractivity contribution in [2.45, 2.75) is 6.42 Å². The zero-order valence-corrected chi connectivity index (χ0v) is 6.33. The Balaban J connectivity index is 2.25. The lowest BCUT2D eigenvalue weighted by Gasteiger charge is -2.23. The van der Waals surface area contributed by atoms with Gasteiger partial charge in [0.2, 0.25) is 5.82 Å². The monoisotopic (exact) mass is 171 g/mol. The highest BCUT2D eigenvalue weighted by Crippen LogP contribution is 2.12. The molecule has 0 saturated carbocycles. The number of nitrogens with zero attached hydrogens (tertiary/aromatic N) is 2. The number of fused-ring (bicyclic) bond motifs is 1. The maximum Gasteiger partial charge on any atom is 0.377 e. The smallest absolute Gasteiger partial charge is 0.363 e. The van der Waals surface area contributed by atoms with Crippen LogP contribution in [-0.2, 0) is 0 Å². The van der Waals surface area contributed by atoms with Crippen LogP contribution < -0.4 is 16.3 Å². The molecular formula is C5H9N5O2. The first-order chi connectivity index (χ1) is 5.79. The Hall–Kier alpha value is -1.50. The van der Waals surface area contributed by atoms with Gasteiger partial charge in [-0.2, -0.15) is 5.43 Å².